The first-order valence-electron chi connectivity index (χ1n) is 5.78. The summed E-state index contributed by atoms with van der Waals surface area (Å²) < 4.78 is 1.32. The zero-order chi connectivity index (χ0) is 10.7. The summed E-state index contributed by atoms with van der Waals surface area (Å²) in [5.74, 6) is 0. The van der Waals surface area contributed by atoms with Crippen LogP contribution in [0.5, 0.6) is 0 Å². The van der Waals surface area contributed by atoms with Gasteiger partial charge in [0.2, 0.25) is 0 Å². The van der Waals surface area contributed by atoms with Gasteiger partial charge in [-0.2, -0.15) is 0 Å². The maximum atomic E-state index is 2.63. The van der Waals surface area contributed by atoms with E-state index in [0.29, 0.717) is 0 Å². The molecule has 0 aliphatic heterocycles. The van der Waals surface area contributed by atoms with Crippen molar-refractivity contribution in [2.24, 2.45) is 0 Å². The molecule has 2 heteroatoms. The van der Waals surface area contributed by atoms with Crippen molar-refractivity contribution < 1.29 is 0 Å². The summed E-state index contributed by atoms with van der Waals surface area (Å²) in [5, 5.41) is 0. The van der Waals surface area contributed by atoms with Crippen molar-refractivity contribution in [3.8, 4) is 0 Å². The van der Waals surface area contributed by atoms with Crippen molar-refractivity contribution in [1.82, 2.24) is 4.90 Å². The van der Waals surface area contributed by atoms with Crippen LogP contribution in [0.4, 0.5) is 0 Å². The molecule has 2 rings (SSSR count). The average Bonchev–Trinajstić information content (AvgIpc) is 3.04. The summed E-state index contributed by atoms with van der Waals surface area (Å²) in [6, 6.07) is 9.80. The van der Waals surface area contributed by atoms with E-state index in [4.69, 9.17) is 0 Å². The second-order valence-corrected chi connectivity index (χ2v) is 5.57. The third-order valence-electron chi connectivity index (χ3n) is 2.87. The molecule has 1 aliphatic rings. The third kappa shape index (κ3) is 3.45. The molecule has 0 unspecified atom stereocenters. The fourth-order valence-electron chi connectivity index (χ4n) is 1.94. The van der Waals surface area contributed by atoms with Gasteiger partial charge in [0, 0.05) is 16.2 Å². The van der Waals surface area contributed by atoms with Gasteiger partial charge in [0.1, 0.15) is 0 Å². The smallest absolute Gasteiger partial charge is 0.0236 e. The Labute approximate surface area is 106 Å². The summed E-state index contributed by atoms with van der Waals surface area (Å²) in [5.41, 5.74) is 1.45. The molecule has 1 aromatic rings. The standard InChI is InChI=1S/C13H18IN/c1-2-9-15(13-7-8-13)10-11-3-5-12(14)6-4-11/h3-6,13H,2,7-10H2,1H3. The Morgan fingerprint density at radius 1 is 1.27 bits per heavy atom. The largest absolute Gasteiger partial charge is 0.296 e. The van der Waals surface area contributed by atoms with Gasteiger partial charge in [-0.15, -0.1) is 0 Å². The van der Waals surface area contributed by atoms with Crippen LogP contribution in [0.2, 0.25) is 0 Å². The number of hydrogen-bond donors (Lipinski definition) is 0. The minimum Gasteiger partial charge on any atom is -0.296 e. The van der Waals surface area contributed by atoms with Crippen molar-refractivity contribution in [2.75, 3.05) is 6.54 Å². The lowest BCUT2D eigenvalue weighted by Gasteiger charge is -2.21. The third-order valence-corrected chi connectivity index (χ3v) is 3.59. The molecule has 82 valence electrons. The fourth-order valence-corrected chi connectivity index (χ4v) is 2.30. The molecule has 0 saturated heterocycles. The van der Waals surface area contributed by atoms with E-state index >= 15 is 0 Å². The normalized spacial score (nSPS) is 15.9. The lowest BCUT2D eigenvalue weighted by Crippen LogP contribution is -2.26. The van der Waals surface area contributed by atoms with Gasteiger partial charge in [-0.05, 0) is 66.1 Å². The summed E-state index contributed by atoms with van der Waals surface area (Å²) in [7, 11) is 0. The zero-order valence-electron chi connectivity index (χ0n) is 9.25. The molecule has 0 radical (unpaired) electrons. The summed E-state index contributed by atoms with van der Waals surface area (Å²) in [6.07, 6.45) is 4.08. The molecule has 0 spiro atoms. The van der Waals surface area contributed by atoms with E-state index in [-0.39, 0.29) is 0 Å². The number of hydrogen-bond acceptors (Lipinski definition) is 1. The van der Waals surface area contributed by atoms with Crippen molar-refractivity contribution in [3.63, 3.8) is 0 Å². The first-order valence-corrected chi connectivity index (χ1v) is 6.86. The number of halogens is 1. The van der Waals surface area contributed by atoms with Crippen molar-refractivity contribution in [3.05, 3.63) is 33.4 Å². The molecule has 1 fully saturated rings. The zero-order valence-corrected chi connectivity index (χ0v) is 11.4. The van der Waals surface area contributed by atoms with Crippen LogP contribution in [-0.2, 0) is 6.54 Å². The van der Waals surface area contributed by atoms with Crippen LogP contribution in [0.25, 0.3) is 0 Å². The molecule has 0 bridgehead atoms. The van der Waals surface area contributed by atoms with Gasteiger partial charge >= 0.3 is 0 Å². The minimum absolute atomic E-state index is 0.879. The molecule has 1 nitrogen and oxygen atoms in total. The van der Waals surface area contributed by atoms with Gasteiger partial charge in [0.15, 0.2) is 0 Å². The Bertz CT molecular complexity index is 303. The Balaban J connectivity index is 1.95. The molecule has 1 saturated carbocycles. The lowest BCUT2D eigenvalue weighted by molar-refractivity contribution is 0.255. The van der Waals surface area contributed by atoms with Crippen LogP contribution < -0.4 is 0 Å². The fraction of sp³-hybridized carbons (Fsp3) is 0.538. The molecule has 0 N–H and O–H groups in total. The monoisotopic (exact) mass is 315 g/mol. The molecule has 1 aromatic carbocycles. The molecule has 1 aliphatic carbocycles. The Kier molecular flexibility index (Phi) is 4.03. The van der Waals surface area contributed by atoms with E-state index in [1.165, 1.54) is 34.9 Å². The quantitative estimate of drug-likeness (QED) is 0.750. The van der Waals surface area contributed by atoms with Crippen LogP contribution in [0.1, 0.15) is 31.7 Å². The van der Waals surface area contributed by atoms with Crippen LogP contribution in [0.15, 0.2) is 24.3 Å². The molecule has 0 amide bonds. The number of benzene rings is 1. The summed E-state index contributed by atoms with van der Waals surface area (Å²) in [6.45, 7) is 4.65. The first kappa shape index (κ1) is 11.4. The van der Waals surface area contributed by atoms with E-state index in [1.807, 2.05) is 0 Å². The maximum Gasteiger partial charge on any atom is 0.0236 e. The van der Waals surface area contributed by atoms with E-state index < -0.39 is 0 Å². The van der Waals surface area contributed by atoms with E-state index in [9.17, 15) is 0 Å². The van der Waals surface area contributed by atoms with Crippen molar-refractivity contribution in [2.45, 2.75) is 38.8 Å². The van der Waals surface area contributed by atoms with E-state index in [1.54, 1.807) is 0 Å². The van der Waals surface area contributed by atoms with Crippen LogP contribution in [0.3, 0.4) is 0 Å². The van der Waals surface area contributed by atoms with Crippen LogP contribution in [0, 0.1) is 3.57 Å². The minimum atomic E-state index is 0.879. The Morgan fingerprint density at radius 2 is 1.93 bits per heavy atom. The maximum absolute atomic E-state index is 2.63. The first-order chi connectivity index (χ1) is 7.29. The highest BCUT2D eigenvalue weighted by Gasteiger charge is 2.27. The van der Waals surface area contributed by atoms with Gasteiger partial charge in [-0.1, -0.05) is 19.1 Å². The van der Waals surface area contributed by atoms with Gasteiger partial charge in [0.05, 0.1) is 0 Å². The molecule has 0 heterocycles. The van der Waals surface area contributed by atoms with E-state index in [0.717, 1.165) is 12.6 Å². The van der Waals surface area contributed by atoms with Gasteiger partial charge in [0.25, 0.3) is 0 Å². The SMILES string of the molecule is CCCN(Cc1ccc(I)cc1)C1CC1. The van der Waals surface area contributed by atoms with Gasteiger partial charge in [-0.25, -0.2) is 0 Å². The summed E-state index contributed by atoms with van der Waals surface area (Å²) in [4.78, 5) is 2.63. The Morgan fingerprint density at radius 3 is 2.47 bits per heavy atom. The molecule has 0 aromatic heterocycles. The topological polar surface area (TPSA) is 3.24 Å². The van der Waals surface area contributed by atoms with Crippen LogP contribution in [-0.4, -0.2) is 17.5 Å². The highest BCUT2D eigenvalue weighted by molar-refractivity contribution is 14.1. The molecule has 0 atom stereocenters. The van der Waals surface area contributed by atoms with Gasteiger partial charge < -0.3 is 0 Å². The Hall–Kier alpha value is -0.0900. The number of rotatable bonds is 5. The molecular formula is C13H18IN. The molecule has 15 heavy (non-hydrogen) atoms. The second kappa shape index (κ2) is 5.30. The molecular weight excluding hydrogens is 297 g/mol. The van der Waals surface area contributed by atoms with Crippen molar-refractivity contribution in [1.29, 1.82) is 0 Å². The predicted octanol–water partition coefficient (Wildman–Crippen LogP) is 3.67. The predicted molar refractivity (Wildman–Crippen MR) is 72.9 cm³/mol. The highest BCUT2D eigenvalue weighted by Crippen LogP contribution is 2.28. The van der Waals surface area contributed by atoms with Gasteiger partial charge in [-0.3, -0.25) is 4.90 Å². The second-order valence-electron chi connectivity index (χ2n) is 4.33. The average molecular weight is 315 g/mol. The lowest BCUT2D eigenvalue weighted by atomic mass is 10.2. The van der Waals surface area contributed by atoms with E-state index in [2.05, 4.69) is 58.7 Å². The summed E-state index contributed by atoms with van der Waals surface area (Å²) >= 11 is 2.36. The number of nitrogens with zero attached hydrogens (tertiary/aromatic N) is 1. The van der Waals surface area contributed by atoms with Crippen LogP contribution >= 0.6 is 22.6 Å². The van der Waals surface area contributed by atoms with Crippen molar-refractivity contribution >= 4 is 22.6 Å². The highest BCUT2D eigenvalue weighted by atomic mass is 127.